The molecular formula is C59H37BN2O. The molecule has 0 saturated carbocycles. The van der Waals surface area contributed by atoms with Crippen LogP contribution in [0.15, 0.2) is 224 Å². The van der Waals surface area contributed by atoms with Gasteiger partial charge in [0.15, 0.2) is 11.5 Å². The molecule has 0 amide bonds. The molecule has 63 heavy (non-hydrogen) atoms. The highest BCUT2D eigenvalue weighted by molar-refractivity contribution is 6.99. The van der Waals surface area contributed by atoms with Crippen LogP contribution in [0.5, 0.6) is 11.5 Å². The van der Waals surface area contributed by atoms with E-state index in [9.17, 15) is 0 Å². The maximum Gasteiger partial charge on any atom is 0.247 e. The van der Waals surface area contributed by atoms with Gasteiger partial charge in [-0.2, -0.15) is 0 Å². The molecule has 0 N–H and O–H groups in total. The van der Waals surface area contributed by atoms with Gasteiger partial charge < -0.3 is 14.5 Å². The van der Waals surface area contributed by atoms with E-state index >= 15 is 0 Å². The second kappa shape index (κ2) is 13.0. The Bertz CT molecular complexity index is 3570. The van der Waals surface area contributed by atoms with Gasteiger partial charge in [0.05, 0.1) is 28.2 Å². The van der Waals surface area contributed by atoms with Crippen molar-refractivity contribution in [3.63, 3.8) is 0 Å². The van der Waals surface area contributed by atoms with Crippen LogP contribution in [-0.2, 0) is 5.41 Å². The average molecular weight is 801 g/mol. The van der Waals surface area contributed by atoms with E-state index in [4.69, 9.17) is 4.74 Å². The van der Waals surface area contributed by atoms with Crippen molar-refractivity contribution in [2.45, 2.75) is 5.41 Å². The zero-order valence-corrected chi connectivity index (χ0v) is 34.2. The molecule has 4 heteroatoms. The van der Waals surface area contributed by atoms with Crippen molar-refractivity contribution in [3.05, 3.63) is 247 Å². The second-order valence-electron chi connectivity index (χ2n) is 17.1. The van der Waals surface area contributed by atoms with Crippen LogP contribution in [0.25, 0.3) is 32.3 Å². The minimum absolute atomic E-state index is 0.0584. The lowest BCUT2D eigenvalue weighted by Gasteiger charge is -2.50. The lowest BCUT2D eigenvalue weighted by Crippen LogP contribution is -2.65. The van der Waals surface area contributed by atoms with Gasteiger partial charge in [-0.05, 0) is 103 Å². The summed E-state index contributed by atoms with van der Waals surface area (Å²) in [5, 5.41) is 7.53. The van der Waals surface area contributed by atoms with Gasteiger partial charge in [-0.25, -0.2) is 0 Å². The van der Waals surface area contributed by atoms with Crippen LogP contribution in [-0.4, -0.2) is 6.71 Å². The number of rotatable bonds is 4. The molecular weight excluding hydrogens is 763 g/mol. The largest absolute Gasteiger partial charge is 0.451 e. The monoisotopic (exact) mass is 800 g/mol. The van der Waals surface area contributed by atoms with Gasteiger partial charge >= 0.3 is 0 Å². The Labute approximate surface area is 366 Å². The standard InChI is InChI=1S/C59H37BN2O/c1-4-19-41(20-5-1)59(42-21-6-2-7-22-42)45-25-10-11-26-47(45)60-48-27-12-13-28-50(48)61(43-23-8-3-9-24-43)57-56(60)46(59)37-52-58(57)63-53-30-15-14-29-51(53)62(52)49-36-34-40-32-31-38-17-16-18-39-33-35-44(49)55(40)54(38)39/h1-37H. The quantitative estimate of drug-likeness (QED) is 0.130. The molecule has 14 rings (SSSR count). The first-order valence-corrected chi connectivity index (χ1v) is 21.9. The number of nitrogens with zero attached hydrogens (tertiary/aromatic N) is 2. The van der Waals surface area contributed by atoms with E-state index in [1.54, 1.807) is 0 Å². The second-order valence-corrected chi connectivity index (χ2v) is 17.1. The first-order chi connectivity index (χ1) is 31.3. The molecule has 0 fully saturated rings. The third-order valence-corrected chi connectivity index (χ3v) is 14.1. The lowest BCUT2D eigenvalue weighted by atomic mass is 9.29. The molecule has 3 nitrogen and oxygen atoms in total. The summed E-state index contributed by atoms with van der Waals surface area (Å²) in [6.07, 6.45) is 0. The van der Waals surface area contributed by atoms with Crippen LogP contribution in [0.3, 0.4) is 0 Å². The summed E-state index contributed by atoms with van der Waals surface area (Å²) in [6.45, 7) is -0.0584. The van der Waals surface area contributed by atoms with Gasteiger partial charge in [-0.15, -0.1) is 0 Å². The molecule has 0 radical (unpaired) electrons. The molecule has 3 aliphatic heterocycles. The lowest BCUT2D eigenvalue weighted by molar-refractivity contribution is 0.478. The molecule has 0 unspecified atom stereocenters. The summed E-state index contributed by atoms with van der Waals surface area (Å²) >= 11 is 0. The maximum atomic E-state index is 7.48. The summed E-state index contributed by atoms with van der Waals surface area (Å²) in [7, 11) is 0. The Balaban J connectivity index is 1.19. The number of hydrogen-bond acceptors (Lipinski definition) is 3. The van der Waals surface area contributed by atoms with E-state index in [0.717, 1.165) is 45.6 Å². The third kappa shape index (κ3) is 4.59. The molecule has 0 spiro atoms. The van der Waals surface area contributed by atoms with E-state index < -0.39 is 5.41 Å². The van der Waals surface area contributed by atoms with Gasteiger partial charge in [0.2, 0.25) is 6.71 Å². The number of benzene rings is 11. The van der Waals surface area contributed by atoms with Crippen molar-refractivity contribution >= 4 is 89.5 Å². The minimum Gasteiger partial charge on any atom is -0.451 e. The number of anilines is 6. The fraction of sp³-hybridized carbons (Fsp3) is 0.0169. The van der Waals surface area contributed by atoms with E-state index in [-0.39, 0.29) is 6.71 Å². The maximum absolute atomic E-state index is 7.48. The molecule has 292 valence electrons. The van der Waals surface area contributed by atoms with Gasteiger partial charge in [-0.1, -0.05) is 187 Å². The summed E-state index contributed by atoms with van der Waals surface area (Å²) in [5.74, 6) is 1.67. The molecule has 0 bridgehead atoms. The highest BCUT2D eigenvalue weighted by atomic mass is 16.5. The summed E-state index contributed by atoms with van der Waals surface area (Å²) in [5.41, 5.74) is 14.6. The number of fused-ring (bicyclic) bond motifs is 7. The molecule has 11 aromatic rings. The molecule has 3 heterocycles. The summed E-state index contributed by atoms with van der Waals surface area (Å²) < 4.78 is 7.48. The van der Waals surface area contributed by atoms with Crippen LogP contribution in [0.4, 0.5) is 34.1 Å². The zero-order valence-electron chi connectivity index (χ0n) is 34.2. The molecule has 0 aromatic heterocycles. The first-order valence-electron chi connectivity index (χ1n) is 21.9. The van der Waals surface area contributed by atoms with Crippen LogP contribution < -0.4 is 30.9 Å². The molecule has 3 aliphatic rings. The van der Waals surface area contributed by atoms with E-state index in [1.807, 2.05) is 0 Å². The predicted molar refractivity (Wildman–Crippen MR) is 263 cm³/mol. The molecule has 0 atom stereocenters. The Morgan fingerprint density at radius 3 is 1.73 bits per heavy atom. The highest BCUT2D eigenvalue weighted by Gasteiger charge is 2.53. The summed E-state index contributed by atoms with van der Waals surface area (Å²) in [6, 6.07) is 82.9. The van der Waals surface area contributed by atoms with Crippen LogP contribution in [0, 0.1) is 0 Å². The number of para-hydroxylation sites is 4. The predicted octanol–water partition coefficient (Wildman–Crippen LogP) is 13.2. The van der Waals surface area contributed by atoms with Crippen LogP contribution >= 0.6 is 0 Å². The average Bonchev–Trinajstić information content (AvgIpc) is 3.36. The zero-order chi connectivity index (χ0) is 41.2. The van der Waals surface area contributed by atoms with Crippen molar-refractivity contribution in [3.8, 4) is 11.5 Å². The Morgan fingerprint density at radius 1 is 0.397 bits per heavy atom. The first kappa shape index (κ1) is 34.6. The fourth-order valence-corrected chi connectivity index (χ4v) is 11.7. The fourth-order valence-electron chi connectivity index (χ4n) is 11.7. The Hall–Kier alpha value is -8.08. The molecule has 0 saturated heterocycles. The number of ether oxygens (including phenoxy) is 1. The normalized spacial score (nSPS) is 14.2. The topological polar surface area (TPSA) is 15.7 Å². The minimum atomic E-state index is -0.686. The van der Waals surface area contributed by atoms with Crippen LogP contribution in [0.2, 0.25) is 0 Å². The van der Waals surface area contributed by atoms with Gasteiger partial charge in [0, 0.05) is 16.8 Å². The third-order valence-electron chi connectivity index (χ3n) is 14.1. The van der Waals surface area contributed by atoms with Crippen molar-refractivity contribution < 1.29 is 4.74 Å². The van der Waals surface area contributed by atoms with E-state index in [2.05, 4.69) is 234 Å². The van der Waals surface area contributed by atoms with Crippen molar-refractivity contribution in [2.75, 3.05) is 9.80 Å². The van der Waals surface area contributed by atoms with Crippen LogP contribution in [0.1, 0.15) is 22.3 Å². The number of hydrogen-bond donors (Lipinski definition) is 0. The molecule has 0 aliphatic carbocycles. The van der Waals surface area contributed by atoms with Gasteiger partial charge in [0.25, 0.3) is 0 Å². The van der Waals surface area contributed by atoms with Gasteiger partial charge in [0.1, 0.15) is 0 Å². The Morgan fingerprint density at radius 2 is 0.984 bits per heavy atom. The van der Waals surface area contributed by atoms with Crippen molar-refractivity contribution in [1.29, 1.82) is 0 Å². The highest BCUT2D eigenvalue weighted by Crippen LogP contribution is 2.60. The smallest absolute Gasteiger partial charge is 0.247 e. The molecule has 11 aromatic carbocycles. The Kier molecular flexibility index (Phi) is 7.13. The van der Waals surface area contributed by atoms with Gasteiger partial charge in [-0.3, -0.25) is 0 Å². The van der Waals surface area contributed by atoms with Crippen molar-refractivity contribution in [2.24, 2.45) is 0 Å². The summed E-state index contributed by atoms with van der Waals surface area (Å²) in [4.78, 5) is 4.98. The van der Waals surface area contributed by atoms with E-state index in [1.165, 1.54) is 71.0 Å². The van der Waals surface area contributed by atoms with E-state index in [0.29, 0.717) is 0 Å². The SMILES string of the molecule is c1ccc(N2c3ccccc3B3c4ccccc4C(c4ccccc4)(c4ccccc4)c4cc5c(c2c43)Oc2ccccc2N5c2ccc3ccc4cccc5ccc2c3c45)cc1. The van der Waals surface area contributed by atoms with Crippen molar-refractivity contribution in [1.82, 2.24) is 0 Å².